The molecule has 0 bridgehead atoms. The first-order valence-electron chi connectivity index (χ1n) is 8.35. The molecule has 3 rings (SSSR count). The summed E-state index contributed by atoms with van der Waals surface area (Å²) in [6.07, 6.45) is 0. The molecule has 0 aliphatic carbocycles. The van der Waals surface area contributed by atoms with Gasteiger partial charge in [0.15, 0.2) is 17.5 Å². The zero-order chi connectivity index (χ0) is 19.7. The molecule has 2 amide bonds. The van der Waals surface area contributed by atoms with Gasteiger partial charge in [-0.2, -0.15) is 0 Å². The normalized spacial score (nSPS) is 14.7. The van der Waals surface area contributed by atoms with Crippen LogP contribution in [0.5, 0.6) is 0 Å². The van der Waals surface area contributed by atoms with Crippen LogP contribution in [0.2, 0.25) is 0 Å². The van der Waals surface area contributed by atoms with E-state index in [2.05, 4.69) is 10.2 Å². The third-order valence-corrected chi connectivity index (χ3v) is 4.24. The maximum atomic E-state index is 13.8. The summed E-state index contributed by atoms with van der Waals surface area (Å²) >= 11 is 0. The Morgan fingerprint density at radius 2 is 1.56 bits per heavy atom. The lowest BCUT2D eigenvalue weighted by Gasteiger charge is -2.34. The lowest BCUT2D eigenvalue weighted by molar-refractivity contribution is 0.0509. The van der Waals surface area contributed by atoms with Gasteiger partial charge in [0.2, 0.25) is 5.89 Å². The minimum absolute atomic E-state index is 0.0143. The van der Waals surface area contributed by atoms with Gasteiger partial charge in [-0.05, 0) is 12.1 Å². The van der Waals surface area contributed by atoms with Crippen LogP contribution in [-0.2, 0) is 0 Å². The molecule has 10 heteroatoms. The van der Waals surface area contributed by atoms with Crippen LogP contribution in [0.4, 0.5) is 13.2 Å². The van der Waals surface area contributed by atoms with Gasteiger partial charge in [0, 0.05) is 32.1 Å². The molecular formula is C17H17F3N4O3. The van der Waals surface area contributed by atoms with E-state index in [1.165, 1.54) is 9.80 Å². The summed E-state index contributed by atoms with van der Waals surface area (Å²) in [7, 11) is 0. The highest BCUT2D eigenvalue weighted by Crippen LogP contribution is 2.19. The molecule has 0 unspecified atom stereocenters. The van der Waals surface area contributed by atoms with Crippen LogP contribution in [0.1, 0.15) is 46.7 Å². The minimum Gasteiger partial charge on any atom is -0.417 e. The number of nitrogens with zero attached hydrogens (tertiary/aromatic N) is 4. The third kappa shape index (κ3) is 3.64. The van der Waals surface area contributed by atoms with Crippen molar-refractivity contribution in [3.05, 3.63) is 46.9 Å². The molecule has 7 nitrogen and oxygen atoms in total. The Morgan fingerprint density at radius 3 is 2.11 bits per heavy atom. The van der Waals surface area contributed by atoms with Gasteiger partial charge in [0.25, 0.3) is 5.91 Å². The van der Waals surface area contributed by atoms with Crippen molar-refractivity contribution < 1.29 is 27.2 Å². The van der Waals surface area contributed by atoms with Crippen LogP contribution in [-0.4, -0.2) is 58.0 Å². The Labute approximate surface area is 152 Å². The van der Waals surface area contributed by atoms with Gasteiger partial charge in [0.1, 0.15) is 0 Å². The van der Waals surface area contributed by atoms with E-state index in [1.807, 2.05) is 13.8 Å². The lowest BCUT2D eigenvalue weighted by Crippen LogP contribution is -2.50. The number of rotatable bonds is 3. The van der Waals surface area contributed by atoms with Crippen molar-refractivity contribution in [2.24, 2.45) is 0 Å². The third-order valence-electron chi connectivity index (χ3n) is 4.24. The summed E-state index contributed by atoms with van der Waals surface area (Å²) in [6.45, 7) is 4.24. The maximum Gasteiger partial charge on any atom is 0.311 e. The van der Waals surface area contributed by atoms with Gasteiger partial charge in [-0.25, -0.2) is 13.2 Å². The maximum absolute atomic E-state index is 13.8. The summed E-state index contributed by atoms with van der Waals surface area (Å²) in [5, 5.41) is 7.53. The molecule has 27 heavy (non-hydrogen) atoms. The van der Waals surface area contributed by atoms with Crippen LogP contribution >= 0.6 is 0 Å². The molecule has 1 saturated heterocycles. The predicted molar refractivity (Wildman–Crippen MR) is 86.5 cm³/mol. The fourth-order valence-corrected chi connectivity index (χ4v) is 2.66. The quantitative estimate of drug-likeness (QED) is 0.761. The fourth-order valence-electron chi connectivity index (χ4n) is 2.66. The first-order valence-corrected chi connectivity index (χ1v) is 8.35. The average molecular weight is 382 g/mol. The van der Waals surface area contributed by atoms with Gasteiger partial charge in [-0.15, -0.1) is 10.2 Å². The predicted octanol–water partition coefficient (Wildman–Crippen LogP) is 2.21. The molecule has 144 valence electrons. The number of hydrogen-bond acceptors (Lipinski definition) is 5. The van der Waals surface area contributed by atoms with E-state index in [0.717, 1.165) is 6.07 Å². The monoisotopic (exact) mass is 382 g/mol. The van der Waals surface area contributed by atoms with Crippen LogP contribution in [0, 0.1) is 17.5 Å². The van der Waals surface area contributed by atoms with E-state index in [4.69, 9.17) is 4.42 Å². The van der Waals surface area contributed by atoms with Crippen molar-refractivity contribution >= 4 is 11.8 Å². The van der Waals surface area contributed by atoms with Crippen molar-refractivity contribution in [3.63, 3.8) is 0 Å². The molecule has 1 aromatic carbocycles. The average Bonchev–Trinajstić information content (AvgIpc) is 3.16. The molecule has 0 radical (unpaired) electrons. The van der Waals surface area contributed by atoms with Crippen LogP contribution in [0.15, 0.2) is 16.5 Å². The molecule has 1 fully saturated rings. The number of hydrogen-bond donors (Lipinski definition) is 0. The van der Waals surface area contributed by atoms with E-state index in [9.17, 15) is 22.8 Å². The van der Waals surface area contributed by atoms with Gasteiger partial charge < -0.3 is 14.2 Å². The van der Waals surface area contributed by atoms with Gasteiger partial charge in [-0.3, -0.25) is 9.59 Å². The molecule has 0 atom stereocenters. The molecule has 2 heterocycles. The topological polar surface area (TPSA) is 79.5 Å². The van der Waals surface area contributed by atoms with E-state index < -0.39 is 34.8 Å². The molecule has 0 N–H and O–H groups in total. The second-order valence-electron chi connectivity index (χ2n) is 6.41. The highest BCUT2D eigenvalue weighted by molar-refractivity contribution is 5.95. The second kappa shape index (κ2) is 7.37. The van der Waals surface area contributed by atoms with Crippen LogP contribution < -0.4 is 0 Å². The number of carbonyl (C=O) groups excluding carboxylic acids is 2. The van der Waals surface area contributed by atoms with Gasteiger partial charge >= 0.3 is 11.8 Å². The largest absolute Gasteiger partial charge is 0.417 e. The molecule has 0 spiro atoms. The molecule has 1 aliphatic rings. The standard InChI is InChI=1S/C17H17F3N4O3/c1-9(2)14-21-22-15(27-14)17(26)24-7-5-23(6-8-24)16(25)10-3-4-11(18)13(20)12(10)19/h3-4,9H,5-8H2,1-2H3. The van der Waals surface area contributed by atoms with Crippen molar-refractivity contribution in [2.75, 3.05) is 26.2 Å². The van der Waals surface area contributed by atoms with E-state index in [0.29, 0.717) is 12.0 Å². The highest BCUT2D eigenvalue weighted by Gasteiger charge is 2.30. The first kappa shape index (κ1) is 18.9. The SMILES string of the molecule is CC(C)c1nnc(C(=O)N2CCN(C(=O)c3ccc(F)c(F)c3F)CC2)o1. The number of carbonyl (C=O) groups is 2. The number of aromatic nitrogens is 2. The summed E-state index contributed by atoms with van der Waals surface area (Å²) in [5.74, 6) is -5.60. The molecule has 1 aromatic heterocycles. The van der Waals surface area contributed by atoms with Crippen molar-refractivity contribution in [3.8, 4) is 0 Å². The zero-order valence-corrected chi connectivity index (χ0v) is 14.7. The summed E-state index contributed by atoms with van der Waals surface area (Å²) in [4.78, 5) is 27.5. The number of halogens is 3. The number of piperazine rings is 1. The van der Waals surface area contributed by atoms with Crippen molar-refractivity contribution in [2.45, 2.75) is 19.8 Å². The number of benzene rings is 1. The molecule has 1 aliphatic heterocycles. The Morgan fingerprint density at radius 1 is 0.963 bits per heavy atom. The fraction of sp³-hybridized carbons (Fsp3) is 0.412. The summed E-state index contributed by atoms with van der Waals surface area (Å²) < 4.78 is 45.5. The van der Waals surface area contributed by atoms with E-state index >= 15 is 0 Å². The van der Waals surface area contributed by atoms with Crippen molar-refractivity contribution in [1.29, 1.82) is 0 Å². The van der Waals surface area contributed by atoms with Crippen LogP contribution in [0.3, 0.4) is 0 Å². The van der Waals surface area contributed by atoms with E-state index in [-0.39, 0.29) is 38.0 Å². The molecule has 2 aromatic rings. The lowest BCUT2D eigenvalue weighted by atomic mass is 10.1. The Kier molecular flexibility index (Phi) is 5.15. The minimum atomic E-state index is -1.69. The molecule has 0 saturated carbocycles. The highest BCUT2D eigenvalue weighted by atomic mass is 19.2. The zero-order valence-electron chi connectivity index (χ0n) is 14.7. The smallest absolute Gasteiger partial charge is 0.311 e. The van der Waals surface area contributed by atoms with Gasteiger partial charge in [0.05, 0.1) is 5.56 Å². The van der Waals surface area contributed by atoms with Gasteiger partial charge in [-0.1, -0.05) is 13.8 Å². The van der Waals surface area contributed by atoms with E-state index in [1.54, 1.807) is 0 Å². The molecular weight excluding hydrogens is 365 g/mol. The summed E-state index contributed by atoms with van der Waals surface area (Å²) in [5.41, 5.74) is -0.549. The Hall–Kier alpha value is -2.91. The van der Waals surface area contributed by atoms with Crippen LogP contribution in [0.25, 0.3) is 0 Å². The van der Waals surface area contributed by atoms with Crippen molar-refractivity contribution in [1.82, 2.24) is 20.0 Å². The summed E-state index contributed by atoms with van der Waals surface area (Å²) in [6, 6.07) is 1.60. The Bertz CT molecular complexity index is 876. The first-order chi connectivity index (χ1) is 12.8. The Balaban J connectivity index is 1.65. The number of amides is 2. The second-order valence-corrected chi connectivity index (χ2v) is 6.41.